The predicted molar refractivity (Wildman–Crippen MR) is 112 cm³/mol. The van der Waals surface area contributed by atoms with Crippen molar-refractivity contribution in [2.75, 3.05) is 25.0 Å². The molecule has 5 rings (SSSR count). The van der Waals surface area contributed by atoms with Crippen molar-refractivity contribution in [3.05, 3.63) is 65.2 Å². The first-order valence-corrected chi connectivity index (χ1v) is 11.0. The minimum Gasteiger partial charge on any atom is -0.392 e. The third kappa shape index (κ3) is 4.19. The van der Waals surface area contributed by atoms with E-state index in [0.717, 1.165) is 37.4 Å². The number of aliphatic hydroxyl groups excluding tert-OH is 1. The number of nitrogens with one attached hydrogen (secondary N) is 1. The maximum Gasteiger partial charge on any atom is 0.416 e. The summed E-state index contributed by atoms with van der Waals surface area (Å²) in [5, 5.41) is 13.3. The van der Waals surface area contributed by atoms with E-state index < -0.39 is 17.8 Å². The molecule has 0 radical (unpaired) electrons. The molecule has 3 heterocycles. The van der Waals surface area contributed by atoms with Crippen molar-refractivity contribution < 1.29 is 23.0 Å². The summed E-state index contributed by atoms with van der Waals surface area (Å²) in [5.74, 6) is 0.0544. The number of likely N-dealkylation sites (tertiary alicyclic amines) is 1. The Kier molecular flexibility index (Phi) is 5.44. The van der Waals surface area contributed by atoms with Crippen LogP contribution in [-0.2, 0) is 10.9 Å². The van der Waals surface area contributed by atoms with Gasteiger partial charge in [0.05, 0.1) is 29.9 Å². The molecule has 3 aliphatic heterocycles. The van der Waals surface area contributed by atoms with E-state index in [1.807, 2.05) is 18.2 Å². The molecule has 166 valence electrons. The highest BCUT2D eigenvalue weighted by Gasteiger charge is 2.44. The molecule has 2 aromatic carbocycles. The van der Waals surface area contributed by atoms with Crippen molar-refractivity contribution in [1.29, 1.82) is 0 Å². The zero-order valence-corrected chi connectivity index (χ0v) is 17.2. The van der Waals surface area contributed by atoms with Crippen LogP contribution in [0.25, 0.3) is 0 Å². The molecule has 0 amide bonds. The molecule has 0 bridgehead atoms. The molecule has 2 fully saturated rings. The number of hydrogen-bond acceptors (Lipinski definition) is 4. The summed E-state index contributed by atoms with van der Waals surface area (Å²) < 4.78 is 46.8. The van der Waals surface area contributed by atoms with Gasteiger partial charge in [0.25, 0.3) is 0 Å². The van der Waals surface area contributed by atoms with E-state index >= 15 is 0 Å². The summed E-state index contributed by atoms with van der Waals surface area (Å²) in [5.41, 5.74) is 1.78. The fourth-order valence-electron chi connectivity index (χ4n) is 5.32. The van der Waals surface area contributed by atoms with Gasteiger partial charge in [-0.3, -0.25) is 4.90 Å². The first-order chi connectivity index (χ1) is 14.9. The van der Waals surface area contributed by atoms with Crippen LogP contribution in [0.2, 0.25) is 0 Å². The predicted octanol–water partition coefficient (Wildman–Crippen LogP) is 4.78. The molecule has 7 heteroatoms. The minimum atomic E-state index is -4.39. The van der Waals surface area contributed by atoms with Gasteiger partial charge in [0, 0.05) is 36.8 Å². The second-order valence-electron chi connectivity index (χ2n) is 8.95. The number of β-amino-alcohol motifs (C(OH)–C–C–N with tert-alkyl or cyclic N) is 1. The van der Waals surface area contributed by atoms with Crippen LogP contribution in [0.1, 0.15) is 48.1 Å². The second-order valence-corrected chi connectivity index (χ2v) is 8.95. The fourth-order valence-corrected chi connectivity index (χ4v) is 5.32. The van der Waals surface area contributed by atoms with Crippen LogP contribution in [0, 0.1) is 5.92 Å². The number of alkyl halides is 3. The van der Waals surface area contributed by atoms with Crippen molar-refractivity contribution in [1.82, 2.24) is 4.90 Å². The molecule has 0 saturated carbocycles. The highest BCUT2D eigenvalue weighted by Crippen LogP contribution is 2.51. The zero-order valence-electron chi connectivity index (χ0n) is 17.2. The molecule has 0 aromatic heterocycles. The SMILES string of the molecule is O[C@@H]1CCN(C[C@H]2CC[C@@H]3[C@H](O2)c2cc(C(F)(F)F)ccc2N[C@H]3c2ccccc2)C1. The average Bonchev–Trinajstić information content (AvgIpc) is 3.17. The van der Waals surface area contributed by atoms with Crippen molar-refractivity contribution in [3.8, 4) is 0 Å². The summed E-state index contributed by atoms with van der Waals surface area (Å²) in [6.07, 6.45) is -2.65. The van der Waals surface area contributed by atoms with Crippen molar-refractivity contribution in [2.45, 2.75) is 49.8 Å². The molecule has 0 spiro atoms. The first kappa shape index (κ1) is 20.8. The summed E-state index contributed by atoms with van der Waals surface area (Å²) >= 11 is 0. The van der Waals surface area contributed by atoms with Crippen LogP contribution in [-0.4, -0.2) is 41.8 Å². The molecular weight excluding hydrogens is 405 g/mol. The number of nitrogens with zero attached hydrogens (tertiary/aromatic N) is 1. The number of fused-ring (bicyclic) bond motifs is 3. The topological polar surface area (TPSA) is 44.7 Å². The minimum absolute atomic E-state index is 0.00926. The molecule has 2 saturated heterocycles. The Morgan fingerprint density at radius 1 is 1.06 bits per heavy atom. The summed E-state index contributed by atoms with van der Waals surface area (Å²) in [6, 6.07) is 14.0. The molecule has 0 aliphatic carbocycles. The molecule has 0 unspecified atom stereocenters. The van der Waals surface area contributed by atoms with Crippen LogP contribution in [0.3, 0.4) is 0 Å². The maximum atomic E-state index is 13.4. The maximum absolute atomic E-state index is 13.4. The van der Waals surface area contributed by atoms with Gasteiger partial charge in [-0.05, 0) is 43.0 Å². The molecule has 5 atom stereocenters. The molecule has 3 aliphatic rings. The molecule has 2 N–H and O–H groups in total. The zero-order chi connectivity index (χ0) is 21.6. The van der Waals surface area contributed by atoms with Gasteiger partial charge in [-0.1, -0.05) is 30.3 Å². The van der Waals surface area contributed by atoms with E-state index in [-0.39, 0.29) is 24.2 Å². The van der Waals surface area contributed by atoms with Crippen molar-refractivity contribution >= 4 is 5.69 Å². The smallest absolute Gasteiger partial charge is 0.392 e. The van der Waals surface area contributed by atoms with Gasteiger partial charge in [0.2, 0.25) is 0 Å². The molecular formula is C24H27F3N2O2. The molecule has 4 nitrogen and oxygen atoms in total. The van der Waals surface area contributed by atoms with Crippen LogP contribution >= 0.6 is 0 Å². The molecule has 31 heavy (non-hydrogen) atoms. The van der Waals surface area contributed by atoms with E-state index in [1.165, 1.54) is 12.1 Å². The van der Waals surface area contributed by atoms with Gasteiger partial charge in [-0.2, -0.15) is 13.2 Å². The number of ether oxygens (including phenoxy) is 1. The lowest BCUT2D eigenvalue weighted by Gasteiger charge is -2.46. The van der Waals surface area contributed by atoms with Gasteiger partial charge < -0.3 is 15.2 Å². The lowest BCUT2D eigenvalue weighted by atomic mass is 9.76. The van der Waals surface area contributed by atoms with Gasteiger partial charge in [0.15, 0.2) is 0 Å². The number of aliphatic hydroxyl groups is 1. The van der Waals surface area contributed by atoms with E-state index in [9.17, 15) is 18.3 Å². The quantitative estimate of drug-likeness (QED) is 0.733. The Morgan fingerprint density at radius 3 is 2.58 bits per heavy atom. The van der Waals surface area contributed by atoms with Gasteiger partial charge in [-0.25, -0.2) is 0 Å². The Balaban J connectivity index is 1.46. The Morgan fingerprint density at radius 2 is 1.87 bits per heavy atom. The summed E-state index contributed by atoms with van der Waals surface area (Å²) in [4.78, 5) is 2.19. The molecule has 2 aromatic rings. The standard InChI is InChI=1S/C24H27F3N2O2/c25-24(26,27)16-6-9-21-20(12-16)23-19(22(28-21)15-4-2-1-3-5-15)8-7-18(31-23)14-29-11-10-17(30)13-29/h1-6,9,12,17-19,22-23,28,30H,7-8,10-11,13-14H2/t17-,18-,19+,22+,23+/m1/s1. The number of rotatable bonds is 3. The van der Waals surface area contributed by atoms with Crippen molar-refractivity contribution in [3.63, 3.8) is 0 Å². The Hall–Kier alpha value is -2.09. The number of halogens is 3. The average molecular weight is 432 g/mol. The third-order valence-electron chi connectivity index (χ3n) is 6.84. The second kappa shape index (κ2) is 8.11. The van der Waals surface area contributed by atoms with Crippen molar-refractivity contribution in [2.24, 2.45) is 5.92 Å². The fraction of sp³-hybridized carbons (Fsp3) is 0.500. The largest absolute Gasteiger partial charge is 0.416 e. The monoisotopic (exact) mass is 432 g/mol. The number of hydrogen-bond donors (Lipinski definition) is 2. The Bertz CT molecular complexity index is 921. The van der Waals surface area contributed by atoms with Crippen LogP contribution in [0.4, 0.5) is 18.9 Å². The highest BCUT2D eigenvalue weighted by molar-refractivity contribution is 5.58. The third-order valence-corrected chi connectivity index (χ3v) is 6.84. The lowest BCUT2D eigenvalue weighted by Crippen LogP contribution is -2.43. The van der Waals surface area contributed by atoms with E-state index in [4.69, 9.17) is 4.74 Å². The summed E-state index contributed by atoms with van der Waals surface area (Å²) in [7, 11) is 0. The number of benzene rings is 2. The van der Waals surface area contributed by atoms with Gasteiger partial charge in [-0.15, -0.1) is 0 Å². The van der Waals surface area contributed by atoms with E-state index in [2.05, 4.69) is 22.3 Å². The normalized spacial score (nSPS) is 31.0. The van der Waals surface area contributed by atoms with E-state index in [1.54, 1.807) is 0 Å². The number of anilines is 1. The lowest BCUT2D eigenvalue weighted by molar-refractivity contribution is -0.138. The van der Waals surface area contributed by atoms with Gasteiger partial charge >= 0.3 is 6.18 Å². The van der Waals surface area contributed by atoms with Crippen LogP contribution in [0.15, 0.2) is 48.5 Å². The van der Waals surface area contributed by atoms with Crippen LogP contribution < -0.4 is 5.32 Å². The first-order valence-electron chi connectivity index (χ1n) is 11.0. The Labute approximate surface area is 180 Å². The summed E-state index contributed by atoms with van der Waals surface area (Å²) in [6.45, 7) is 2.17. The highest BCUT2D eigenvalue weighted by atomic mass is 19.4. The van der Waals surface area contributed by atoms with Crippen LogP contribution in [0.5, 0.6) is 0 Å². The van der Waals surface area contributed by atoms with Gasteiger partial charge in [0.1, 0.15) is 0 Å². The van der Waals surface area contributed by atoms with E-state index in [0.29, 0.717) is 24.3 Å².